The van der Waals surface area contributed by atoms with Crippen LogP contribution in [0.4, 0.5) is 0 Å². The third-order valence-electron chi connectivity index (χ3n) is 2.41. The van der Waals surface area contributed by atoms with Crippen LogP contribution in [0, 0.1) is 5.92 Å². The van der Waals surface area contributed by atoms with Crippen molar-refractivity contribution in [3.05, 3.63) is 11.6 Å². The summed E-state index contributed by atoms with van der Waals surface area (Å²) >= 11 is 0. The minimum atomic E-state index is -0.820. The minimum absolute atomic E-state index is 0.104. The van der Waals surface area contributed by atoms with Crippen molar-refractivity contribution in [2.24, 2.45) is 5.92 Å². The molecule has 0 aromatic rings. The van der Waals surface area contributed by atoms with Gasteiger partial charge in [0.15, 0.2) is 0 Å². The Bertz CT molecular complexity index is 219. The molecule has 1 fully saturated rings. The van der Waals surface area contributed by atoms with Crippen LogP contribution in [-0.4, -0.2) is 23.8 Å². The lowest BCUT2D eigenvalue weighted by Gasteiger charge is -2.09. The van der Waals surface area contributed by atoms with E-state index >= 15 is 0 Å². The lowest BCUT2D eigenvalue weighted by molar-refractivity contribution is -0.133. The van der Waals surface area contributed by atoms with E-state index in [4.69, 9.17) is 9.84 Å². The number of allylic oxidation sites excluding steroid dienone is 1. The van der Waals surface area contributed by atoms with Crippen molar-refractivity contribution >= 4 is 5.97 Å². The van der Waals surface area contributed by atoms with Crippen LogP contribution in [0.25, 0.3) is 0 Å². The molecule has 0 aromatic heterocycles. The Labute approximate surface area is 64.7 Å². The first kappa shape index (κ1) is 6.85. The number of ether oxygens (including phenoxy) is 1. The summed E-state index contributed by atoms with van der Waals surface area (Å²) in [6.45, 7) is 0.722. The fourth-order valence-electron chi connectivity index (χ4n) is 1.82. The van der Waals surface area contributed by atoms with Crippen molar-refractivity contribution in [1.82, 2.24) is 0 Å². The molecule has 0 aromatic carbocycles. The summed E-state index contributed by atoms with van der Waals surface area (Å²) < 4.78 is 5.30. The second kappa shape index (κ2) is 2.34. The number of rotatable bonds is 1. The second-order valence-corrected chi connectivity index (χ2v) is 3.04. The smallest absolute Gasteiger partial charge is 0.333 e. The largest absolute Gasteiger partial charge is 0.478 e. The molecule has 0 bridgehead atoms. The molecule has 2 aliphatic rings. The summed E-state index contributed by atoms with van der Waals surface area (Å²) in [5.74, 6) is -0.375. The highest BCUT2D eigenvalue weighted by molar-refractivity contribution is 5.88. The normalized spacial score (nSPS) is 35.1. The van der Waals surface area contributed by atoms with Crippen LogP contribution in [-0.2, 0) is 9.53 Å². The van der Waals surface area contributed by atoms with E-state index in [2.05, 4.69) is 0 Å². The van der Waals surface area contributed by atoms with E-state index in [0.717, 1.165) is 19.4 Å². The Balaban J connectivity index is 2.18. The highest BCUT2D eigenvalue weighted by Crippen LogP contribution is 2.35. The van der Waals surface area contributed by atoms with E-state index in [9.17, 15) is 4.79 Å². The van der Waals surface area contributed by atoms with E-state index in [1.54, 1.807) is 6.08 Å². The molecule has 0 radical (unpaired) electrons. The lowest BCUT2D eigenvalue weighted by atomic mass is 10.0. The van der Waals surface area contributed by atoms with Gasteiger partial charge in [0.25, 0.3) is 0 Å². The van der Waals surface area contributed by atoms with Crippen LogP contribution in [0.2, 0.25) is 0 Å². The van der Waals surface area contributed by atoms with Crippen LogP contribution in [0.3, 0.4) is 0 Å². The molecule has 3 heteroatoms. The van der Waals surface area contributed by atoms with Gasteiger partial charge in [0, 0.05) is 6.61 Å². The van der Waals surface area contributed by atoms with Gasteiger partial charge < -0.3 is 9.84 Å². The first-order chi connectivity index (χ1) is 5.29. The Hall–Kier alpha value is -0.830. The van der Waals surface area contributed by atoms with Crippen LogP contribution in [0.15, 0.2) is 11.6 Å². The van der Waals surface area contributed by atoms with Gasteiger partial charge in [0.2, 0.25) is 0 Å². The van der Waals surface area contributed by atoms with E-state index < -0.39 is 5.97 Å². The lowest BCUT2D eigenvalue weighted by Crippen LogP contribution is -2.18. The maximum absolute atomic E-state index is 10.6. The molecule has 11 heavy (non-hydrogen) atoms. The molecular weight excluding hydrogens is 144 g/mol. The van der Waals surface area contributed by atoms with Crippen molar-refractivity contribution in [1.29, 1.82) is 0 Å². The number of carboxylic acid groups (broad SMARTS) is 1. The Morgan fingerprint density at radius 3 is 3.27 bits per heavy atom. The fourth-order valence-corrected chi connectivity index (χ4v) is 1.82. The zero-order valence-corrected chi connectivity index (χ0v) is 6.12. The van der Waals surface area contributed by atoms with Crippen molar-refractivity contribution < 1.29 is 14.6 Å². The molecule has 2 unspecified atom stereocenters. The predicted octanol–water partition coefficient (Wildman–Crippen LogP) is 0.806. The molecule has 3 nitrogen and oxygen atoms in total. The van der Waals surface area contributed by atoms with Gasteiger partial charge in [-0.15, -0.1) is 0 Å². The highest BCUT2D eigenvalue weighted by atomic mass is 16.5. The molecule has 0 saturated carbocycles. The average molecular weight is 154 g/mol. The number of hydrogen-bond acceptors (Lipinski definition) is 2. The fraction of sp³-hybridized carbons (Fsp3) is 0.625. The topological polar surface area (TPSA) is 46.5 Å². The predicted molar refractivity (Wildman–Crippen MR) is 38.2 cm³/mol. The maximum atomic E-state index is 10.6. The maximum Gasteiger partial charge on any atom is 0.333 e. The number of hydrogen-bond donors (Lipinski definition) is 1. The minimum Gasteiger partial charge on any atom is -0.478 e. The van der Waals surface area contributed by atoms with Crippen LogP contribution >= 0.6 is 0 Å². The third kappa shape index (κ3) is 0.959. The molecule has 1 aliphatic carbocycles. The Morgan fingerprint density at radius 1 is 1.73 bits per heavy atom. The van der Waals surface area contributed by atoms with Crippen molar-refractivity contribution in [3.8, 4) is 0 Å². The van der Waals surface area contributed by atoms with Gasteiger partial charge in [-0.05, 0) is 18.8 Å². The quantitative estimate of drug-likeness (QED) is 0.607. The van der Waals surface area contributed by atoms with Gasteiger partial charge in [-0.1, -0.05) is 6.08 Å². The Kier molecular flexibility index (Phi) is 1.46. The molecule has 2 atom stereocenters. The number of carboxylic acids is 1. The second-order valence-electron chi connectivity index (χ2n) is 3.04. The van der Waals surface area contributed by atoms with Gasteiger partial charge in [-0.3, -0.25) is 0 Å². The van der Waals surface area contributed by atoms with Crippen LogP contribution in [0.1, 0.15) is 12.8 Å². The molecule has 1 saturated heterocycles. The van der Waals surface area contributed by atoms with Crippen molar-refractivity contribution in [3.63, 3.8) is 0 Å². The Morgan fingerprint density at radius 2 is 2.55 bits per heavy atom. The van der Waals surface area contributed by atoms with Crippen LogP contribution in [0.5, 0.6) is 0 Å². The SMILES string of the molecule is O=C(O)C1=CCC2CCOC12. The van der Waals surface area contributed by atoms with E-state index in [-0.39, 0.29) is 6.10 Å². The summed E-state index contributed by atoms with van der Waals surface area (Å²) in [6.07, 6.45) is 3.58. The highest BCUT2D eigenvalue weighted by Gasteiger charge is 2.37. The van der Waals surface area contributed by atoms with Crippen LogP contribution < -0.4 is 0 Å². The molecule has 1 heterocycles. The number of carbonyl (C=O) groups is 1. The molecule has 0 spiro atoms. The summed E-state index contributed by atoms with van der Waals surface area (Å²) in [7, 11) is 0. The summed E-state index contributed by atoms with van der Waals surface area (Å²) in [6, 6.07) is 0. The van der Waals surface area contributed by atoms with Gasteiger partial charge in [0.1, 0.15) is 0 Å². The molecular formula is C8H10O3. The summed E-state index contributed by atoms with van der Waals surface area (Å²) in [4.78, 5) is 10.6. The van der Waals surface area contributed by atoms with E-state index in [1.807, 2.05) is 0 Å². The molecule has 0 amide bonds. The molecule has 60 valence electrons. The van der Waals surface area contributed by atoms with E-state index in [1.165, 1.54) is 0 Å². The zero-order valence-electron chi connectivity index (χ0n) is 6.12. The van der Waals surface area contributed by atoms with Gasteiger partial charge in [0.05, 0.1) is 11.7 Å². The van der Waals surface area contributed by atoms with Gasteiger partial charge in [-0.2, -0.15) is 0 Å². The number of aliphatic carboxylic acids is 1. The molecule has 1 aliphatic heterocycles. The summed E-state index contributed by atoms with van der Waals surface area (Å²) in [5, 5.41) is 8.71. The molecule has 2 rings (SSSR count). The zero-order chi connectivity index (χ0) is 7.84. The van der Waals surface area contributed by atoms with Crippen molar-refractivity contribution in [2.75, 3.05) is 6.61 Å². The number of fused-ring (bicyclic) bond motifs is 1. The van der Waals surface area contributed by atoms with Gasteiger partial charge >= 0.3 is 5.97 Å². The standard InChI is InChI=1S/C8H10O3/c9-8(10)6-2-1-5-3-4-11-7(5)6/h2,5,7H,1,3-4H2,(H,9,10). The van der Waals surface area contributed by atoms with Crippen molar-refractivity contribution in [2.45, 2.75) is 18.9 Å². The summed E-state index contributed by atoms with van der Waals surface area (Å²) in [5.41, 5.74) is 0.465. The van der Waals surface area contributed by atoms with E-state index in [0.29, 0.717) is 11.5 Å². The third-order valence-corrected chi connectivity index (χ3v) is 2.41. The monoisotopic (exact) mass is 154 g/mol. The first-order valence-electron chi connectivity index (χ1n) is 3.84. The van der Waals surface area contributed by atoms with Gasteiger partial charge in [-0.25, -0.2) is 4.79 Å². The first-order valence-corrected chi connectivity index (χ1v) is 3.84. The average Bonchev–Trinajstić information content (AvgIpc) is 2.41. The molecule has 1 N–H and O–H groups in total.